The zero-order valence-corrected chi connectivity index (χ0v) is 8.83. The van der Waals surface area contributed by atoms with Crippen molar-refractivity contribution in [3.05, 3.63) is 12.2 Å². The normalized spacial score (nSPS) is 28.7. The van der Waals surface area contributed by atoms with Gasteiger partial charge < -0.3 is 11.1 Å². The van der Waals surface area contributed by atoms with Gasteiger partial charge in [-0.05, 0) is 25.8 Å². The molecule has 80 valence electrons. The Hall–Kier alpha value is -0.830. The number of rotatable bonds is 2. The second-order valence-electron chi connectivity index (χ2n) is 3.92. The Kier molecular flexibility index (Phi) is 4.66. The predicted molar refractivity (Wildman–Crippen MR) is 57.8 cm³/mol. The number of nitrogens with two attached hydrogens (primary N) is 1. The molecule has 1 saturated carbocycles. The van der Waals surface area contributed by atoms with Gasteiger partial charge in [-0.2, -0.15) is 0 Å². The highest BCUT2D eigenvalue weighted by Crippen LogP contribution is 2.16. The van der Waals surface area contributed by atoms with Gasteiger partial charge in [0.15, 0.2) is 0 Å². The summed E-state index contributed by atoms with van der Waals surface area (Å²) in [5.41, 5.74) is 5.98. The van der Waals surface area contributed by atoms with Crippen LogP contribution in [-0.2, 0) is 4.79 Å². The fraction of sp³-hybridized carbons (Fsp3) is 0.727. The molecule has 0 aromatic heterocycles. The van der Waals surface area contributed by atoms with Crippen LogP contribution in [0.3, 0.4) is 0 Å². The average molecular weight is 196 g/mol. The summed E-state index contributed by atoms with van der Waals surface area (Å²) in [5, 5.41) is 2.96. The lowest BCUT2D eigenvalue weighted by Crippen LogP contribution is -2.46. The van der Waals surface area contributed by atoms with Crippen molar-refractivity contribution in [1.82, 2.24) is 5.32 Å². The average Bonchev–Trinajstić information content (AvgIpc) is 2.33. The molecule has 0 spiro atoms. The second-order valence-corrected chi connectivity index (χ2v) is 3.92. The van der Waals surface area contributed by atoms with E-state index < -0.39 is 0 Å². The van der Waals surface area contributed by atoms with E-state index in [1.807, 2.05) is 6.92 Å². The largest absolute Gasteiger partial charge is 0.348 e. The van der Waals surface area contributed by atoms with Crippen LogP contribution in [-0.4, -0.2) is 18.0 Å². The fourth-order valence-electron chi connectivity index (χ4n) is 1.90. The summed E-state index contributed by atoms with van der Waals surface area (Å²) in [6.45, 7) is 1.84. The van der Waals surface area contributed by atoms with Gasteiger partial charge in [0.1, 0.15) is 0 Å². The van der Waals surface area contributed by atoms with E-state index >= 15 is 0 Å². The van der Waals surface area contributed by atoms with Gasteiger partial charge in [-0.25, -0.2) is 0 Å². The summed E-state index contributed by atoms with van der Waals surface area (Å²) in [5.74, 6) is -0.0187. The summed E-state index contributed by atoms with van der Waals surface area (Å²) in [4.78, 5) is 11.3. The van der Waals surface area contributed by atoms with Crippen LogP contribution in [0.15, 0.2) is 12.2 Å². The molecule has 1 aliphatic carbocycles. The van der Waals surface area contributed by atoms with Gasteiger partial charge in [0.2, 0.25) is 5.91 Å². The molecule has 0 aliphatic heterocycles. The van der Waals surface area contributed by atoms with E-state index in [4.69, 9.17) is 5.73 Å². The highest BCUT2D eigenvalue weighted by Gasteiger charge is 2.20. The number of carbonyl (C=O) groups is 1. The Balaban J connectivity index is 2.44. The molecule has 1 aliphatic rings. The molecule has 3 N–H and O–H groups in total. The summed E-state index contributed by atoms with van der Waals surface area (Å²) >= 11 is 0. The van der Waals surface area contributed by atoms with Crippen molar-refractivity contribution >= 4 is 5.91 Å². The third-order valence-corrected chi connectivity index (χ3v) is 2.72. The summed E-state index contributed by atoms with van der Waals surface area (Å²) in [6.07, 6.45) is 8.95. The van der Waals surface area contributed by atoms with Crippen molar-refractivity contribution in [3.8, 4) is 0 Å². The van der Waals surface area contributed by atoms with E-state index in [0.717, 1.165) is 12.8 Å². The highest BCUT2D eigenvalue weighted by molar-refractivity contribution is 5.87. The van der Waals surface area contributed by atoms with Crippen molar-refractivity contribution in [1.29, 1.82) is 0 Å². The van der Waals surface area contributed by atoms with Crippen LogP contribution in [0.4, 0.5) is 0 Å². The molecular formula is C11H20N2O. The van der Waals surface area contributed by atoms with Gasteiger partial charge in [0.25, 0.3) is 0 Å². The molecule has 3 nitrogen and oxygen atoms in total. The topological polar surface area (TPSA) is 55.1 Å². The molecule has 1 rings (SSSR count). The monoisotopic (exact) mass is 196 g/mol. The highest BCUT2D eigenvalue weighted by atomic mass is 16.1. The minimum atomic E-state index is -0.0187. The van der Waals surface area contributed by atoms with E-state index in [1.54, 1.807) is 12.2 Å². The van der Waals surface area contributed by atoms with Crippen molar-refractivity contribution in [2.24, 2.45) is 5.73 Å². The van der Waals surface area contributed by atoms with Gasteiger partial charge in [-0.15, -0.1) is 0 Å². The first kappa shape index (κ1) is 11.2. The van der Waals surface area contributed by atoms with Crippen LogP contribution in [0.2, 0.25) is 0 Å². The van der Waals surface area contributed by atoms with Crippen molar-refractivity contribution in [2.75, 3.05) is 0 Å². The Morgan fingerprint density at radius 1 is 1.36 bits per heavy atom. The van der Waals surface area contributed by atoms with Crippen LogP contribution in [0.5, 0.6) is 0 Å². The fourth-order valence-corrected chi connectivity index (χ4v) is 1.90. The smallest absolute Gasteiger partial charge is 0.243 e. The maximum absolute atomic E-state index is 11.3. The van der Waals surface area contributed by atoms with Crippen LogP contribution < -0.4 is 11.1 Å². The number of nitrogens with one attached hydrogen (secondary N) is 1. The van der Waals surface area contributed by atoms with Crippen LogP contribution in [0.1, 0.15) is 39.0 Å². The maximum Gasteiger partial charge on any atom is 0.243 e. The number of allylic oxidation sites excluding steroid dienone is 1. The molecule has 0 bridgehead atoms. The first-order valence-electron chi connectivity index (χ1n) is 5.43. The molecule has 14 heavy (non-hydrogen) atoms. The lowest BCUT2D eigenvalue weighted by Gasteiger charge is -2.21. The third kappa shape index (κ3) is 3.50. The molecule has 0 aromatic rings. The summed E-state index contributed by atoms with van der Waals surface area (Å²) in [6, 6.07) is 0.299. The Bertz CT molecular complexity index is 213. The van der Waals surface area contributed by atoms with Crippen molar-refractivity contribution < 1.29 is 4.79 Å². The molecule has 0 saturated heterocycles. The van der Waals surface area contributed by atoms with Gasteiger partial charge >= 0.3 is 0 Å². The summed E-state index contributed by atoms with van der Waals surface area (Å²) < 4.78 is 0. The molecular weight excluding hydrogens is 176 g/mol. The predicted octanol–water partition coefficient (Wildman–Crippen LogP) is 1.34. The maximum atomic E-state index is 11.3. The van der Waals surface area contributed by atoms with E-state index in [9.17, 15) is 4.79 Å². The Labute approximate surface area is 85.7 Å². The molecule has 2 unspecified atom stereocenters. The van der Waals surface area contributed by atoms with Crippen LogP contribution in [0, 0.1) is 0 Å². The zero-order chi connectivity index (χ0) is 10.4. The van der Waals surface area contributed by atoms with Crippen LogP contribution >= 0.6 is 0 Å². The molecule has 1 fully saturated rings. The number of hydrogen-bond donors (Lipinski definition) is 2. The number of carbonyl (C=O) groups excluding carboxylic acids is 1. The molecule has 0 heterocycles. The lowest BCUT2D eigenvalue weighted by molar-refractivity contribution is -0.117. The Morgan fingerprint density at radius 3 is 2.79 bits per heavy atom. The molecule has 0 aromatic carbocycles. The van der Waals surface area contributed by atoms with E-state index in [-0.39, 0.29) is 18.0 Å². The van der Waals surface area contributed by atoms with Gasteiger partial charge in [-0.3, -0.25) is 4.79 Å². The summed E-state index contributed by atoms with van der Waals surface area (Å²) in [7, 11) is 0. The molecule has 3 heteroatoms. The number of hydrogen-bond acceptors (Lipinski definition) is 2. The van der Waals surface area contributed by atoms with Gasteiger partial charge in [0, 0.05) is 12.1 Å². The van der Waals surface area contributed by atoms with Crippen molar-refractivity contribution in [2.45, 2.75) is 51.1 Å². The van der Waals surface area contributed by atoms with E-state index in [2.05, 4.69) is 5.32 Å². The zero-order valence-electron chi connectivity index (χ0n) is 8.83. The lowest BCUT2D eigenvalue weighted by atomic mass is 10.0. The first-order chi connectivity index (χ1) is 6.74. The molecule has 0 radical (unpaired) electrons. The minimum absolute atomic E-state index is 0.0187. The first-order valence-corrected chi connectivity index (χ1v) is 5.43. The quantitative estimate of drug-likeness (QED) is 0.517. The number of amides is 1. The van der Waals surface area contributed by atoms with E-state index in [0.29, 0.717) is 0 Å². The minimum Gasteiger partial charge on any atom is -0.348 e. The second kappa shape index (κ2) is 5.81. The standard InChI is InChI=1S/C11H20N2O/c1-2-6-11(14)13-10-8-5-3-4-7-9(10)12/h2,6,9-10H,3-5,7-8,12H2,1H3,(H,13,14). The van der Waals surface area contributed by atoms with Crippen LogP contribution in [0.25, 0.3) is 0 Å². The van der Waals surface area contributed by atoms with Gasteiger partial charge in [-0.1, -0.05) is 25.3 Å². The SMILES string of the molecule is CC=CC(=O)NC1CCCCCC1N. The van der Waals surface area contributed by atoms with E-state index in [1.165, 1.54) is 19.3 Å². The Morgan fingerprint density at radius 2 is 2.07 bits per heavy atom. The third-order valence-electron chi connectivity index (χ3n) is 2.72. The van der Waals surface area contributed by atoms with Crippen molar-refractivity contribution in [3.63, 3.8) is 0 Å². The van der Waals surface area contributed by atoms with Gasteiger partial charge in [0.05, 0.1) is 0 Å². The molecule has 2 atom stereocenters. The molecule has 1 amide bonds.